The molecule has 1 saturated heterocycles. The smallest absolute Gasteiger partial charge is 0.243 e. The maximum Gasteiger partial charge on any atom is 0.243 e. The van der Waals surface area contributed by atoms with Gasteiger partial charge in [0.25, 0.3) is 0 Å². The van der Waals surface area contributed by atoms with Gasteiger partial charge in [0.05, 0.1) is 11.5 Å². The number of benzene rings is 1. The molecule has 0 spiro atoms. The number of carbonyl (C=O) groups is 1. The fourth-order valence-electron chi connectivity index (χ4n) is 3.24. The van der Waals surface area contributed by atoms with E-state index in [0.717, 1.165) is 11.1 Å². The second-order valence-corrected chi connectivity index (χ2v) is 8.72. The lowest BCUT2D eigenvalue weighted by Crippen LogP contribution is -2.45. The molecule has 0 aliphatic carbocycles. The van der Waals surface area contributed by atoms with Gasteiger partial charge in [-0.1, -0.05) is 17.7 Å². The number of aryl methyl sites for hydroxylation is 2. The van der Waals surface area contributed by atoms with Crippen molar-refractivity contribution < 1.29 is 17.9 Å². The molecule has 2 rings (SSSR count). The molecule has 1 atom stereocenters. The number of carbonyl (C=O) groups excluding carboxylic acids is 1. The standard InChI is InChI=1S/C18H28N2O4S/c1-13-5-6-17(14(2)11-13)25(22,23)20-9-7-16(8-10-20)18(21)19-15(3)12-24-4/h5-6,11,15-16H,7-10,12H2,1-4H3,(H,19,21). The Kier molecular flexibility index (Phi) is 6.59. The van der Waals surface area contributed by atoms with Gasteiger partial charge in [-0.15, -0.1) is 0 Å². The molecule has 1 aromatic rings. The molecule has 0 aromatic heterocycles. The van der Waals surface area contributed by atoms with Crippen LogP contribution >= 0.6 is 0 Å². The Balaban J connectivity index is 2.00. The highest BCUT2D eigenvalue weighted by Gasteiger charge is 2.33. The van der Waals surface area contributed by atoms with E-state index in [9.17, 15) is 13.2 Å². The molecule has 6 nitrogen and oxygen atoms in total. The number of ether oxygens (including phenoxy) is 1. The number of sulfonamides is 1. The Hall–Kier alpha value is -1.44. The number of amides is 1. The van der Waals surface area contributed by atoms with Crippen LogP contribution in [-0.4, -0.2) is 51.5 Å². The summed E-state index contributed by atoms with van der Waals surface area (Å²) in [5.41, 5.74) is 1.80. The van der Waals surface area contributed by atoms with E-state index in [0.29, 0.717) is 37.4 Å². The molecule has 140 valence electrons. The lowest BCUT2D eigenvalue weighted by molar-refractivity contribution is -0.127. The number of hydrogen-bond acceptors (Lipinski definition) is 4. The topological polar surface area (TPSA) is 75.7 Å². The summed E-state index contributed by atoms with van der Waals surface area (Å²) in [5, 5.41) is 2.92. The molecule has 1 amide bonds. The molecule has 1 unspecified atom stereocenters. The van der Waals surface area contributed by atoms with E-state index in [4.69, 9.17) is 4.74 Å². The molecule has 0 radical (unpaired) electrons. The highest BCUT2D eigenvalue weighted by molar-refractivity contribution is 7.89. The van der Waals surface area contributed by atoms with Crippen molar-refractivity contribution in [1.29, 1.82) is 0 Å². The predicted molar refractivity (Wildman–Crippen MR) is 96.9 cm³/mol. The second-order valence-electron chi connectivity index (χ2n) is 6.81. The van der Waals surface area contributed by atoms with Gasteiger partial charge in [-0.05, 0) is 45.2 Å². The average molecular weight is 368 g/mol. The summed E-state index contributed by atoms with van der Waals surface area (Å²) in [6.45, 7) is 6.85. The molecule has 1 heterocycles. The zero-order valence-electron chi connectivity index (χ0n) is 15.4. The summed E-state index contributed by atoms with van der Waals surface area (Å²) >= 11 is 0. The minimum atomic E-state index is -3.51. The third-order valence-corrected chi connectivity index (χ3v) is 6.64. The third-order valence-electron chi connectivity index (χ3n) is 4.58. The average Bonchev–Trinajstić information content (AvgIpc) is 2.54. The van der Waals surface area contributed by atoms with Gasteiger partial charge < -0.3 is 10.1 Å². The molecule has 1 aliphatic heterocycles. The van der Waals surface area contributed by atoms with Crippen molar-refractivity contribution in [2.45, 2.75) is 44.6 Å². The number of methoxy groups -OCH3 is 1. The van der Waals surface area contributed by atoms with Crippen LogP contribution in [0.25, 0.3) is 0 Å². The maximum atomic E-state index is 12.9. The third kappa shape index (κ3) is 4.80. The van der Waals surface area contributed by atoms with Crippen molar-refractivity contribution in [3.05, 3.63) is 29.3 Å². The molecule has 1 aliphatic rings. The zero-order chi connectivity index (χ0) is 18.6. The van der Waals surface area contributed by atoms with Gasteiger partial charge in [0.1, 0.15) is 0 Å². The van der Waals surface area contributed by atoms with E-state index < -0.39 is 10.0 Å². The van der Waals surface area contributed by atoms with Gasteiger partial charge in [-0.3, -0.25) is 4.79 Å². The minimum absolute atomic E-state index is 0.0203. The van der Waals surface area contributed by atoms with Crippen molar-refractivity contribution >= 4 is 15.9 Å². The monoisotopic (exact) mass is 368 g/mol. The summed E-state index contributed by atoms with van der Waals surface area (Å²) in [7, 11) is -1.91. The quantitative estimate of drug-likeness (QED) is 0.831. The molecular weight excluding hydrogens is 340 g/mol. The molecule has 1 fully saturated rings. The van der Waals surface area contributed by atoms with Gasteiger partial charge in [0, 0.05) is 32.2 Å². The molecule has 0 saturated carbocycles. The Morgan fingerprint density at radius 3 is 2.52 bits per heavy atom. The van der Waals surface area contributed by atoms with Crippen LogP contribution in [0.2, 0.25) is 0 Å². The molecule has 1 N–H and O–H groups in total. The van der Waals surface area contributed by atoms with E-state index in [1.54, 1.807) is 13.2 Å². The molecule has 7 heteroatoms. The van der Waals surface area contributed by atoms with Crippen molar-refractivity contribution in [3.63, 3.8) is 0 Å². The van der Waals surface area contributed by atoms with Crippen molar-refractivity contribution in [3.8, 4) is 0 Å². The summed E-state index contributed by atoms with van der Waals surface area (Å²) in [6.07, 6.45) is 1.07. The van der Waals surface area contributed by atoms with E-state index in [-0.39, 0.29) is 17.9 Å². The Bertz CT molecular complexity index is 710. The maximum absolute atomic E-state index is 12.9. The number of piperidine rings is 1. The number of nitrogens with zero attached hydrogens (tertiary/aromatic N) is 1. The lowest BCUT2D eigenvalue weighted by atomic mass is 9.97. The van der Waals surface area contributed by atoms with Crippen LogP contribution in [0.15, 0.2) is 23.1 Å². The Morgan fingerprint density at radius 2 is 1.96 bits per heavy atom. The Labute approximate surface area is 150 Å². The minimum Gasteiger partial charge on any atom is -0.383 e. The van der Waals surface area contributed by atoms with E-state index in [2.05, 4.69) is 5.32 Å². The molecule has 0 bridgehead atoms. The first-order chi connectivity index (χ1) is 11.8. The lowest BCUT2D eigenvalue weighted by Gasteiger charge is -2.31. The Morgan fingerprint density at radius 1 is 1.32 bits per heavy atom. The van der Waals surface area contributed by atoms with E-state index in [1.807, 2.05) is 32.9 Å². The van der Waals surface area contributed by atoms with Crippen LogP contribution in [0.5, 0.6) is 0 Å². The van der Waals surface area contributed by atoms with Crippen LogP contribution in [0.1, 0.15) is 30.9 Å². The first-order valence-electron chi connectivity index (χ1n) is 8.62. The van der Waals surface area contributed by atoms with Crippen LogP contribution in [0, 0.1) is 19.8 Å². The van der Waals surface area contributed by atoms with Gasteiger partial charge in [0.15, 0.2) is 0 Å². The van der Waals surface area contributed by atoms with Crippen LogP contribution in [0.3, 0.4) is 0 Å². The fourth-order valence-corrected chi connectivity index (χ4v) is 4.91. The van der Waals surface area contributed by atoms with E-state index in [1.165, 1.54) is 4.31 Å². The largest absolute Gasteiger partial charge is 0.383 e. The molecular formula is C18H28N2O4S. The van der Waals surface area contributed by atoms with Crippen LogP contribution < -0.4 is 5.32 Å². The first kappa shape index (κ1) is 19.9. The normalized spacial score (nSPS) is 18.1. The van der Waals surface area contributed by atoms with Gasteiger partial charge in [-0.2, -0.15) is 4.31 Å². The highest BCUT2D eigenvalue weighted by atomic mass is 32.2. The summed E-state index contributed by atoms with van der Waals surface area (Å²) < 4.78 is 32.2. The summed E-state index contributed by atoms with van der Waals surface area (Å²) in [5.74, 6) is -0.169. The van der Waals surface area contributed by atoms with Crippen LogP contribution in [0.4, 0.5) is 0 Å². The molecule has 1 aromatic carbocycles. The number of rotatable bonds is 6. The van der Waals surface area contributed by atoms with Gasteiger partial charge in [-0.25, -0.2) is 8.42 Å². The van der Waals surface area contributed by atoms with Gasteiger partial charge in [0.2, 0.25) is 15.9 Å². The van der Waals surface area contributed by atoms with Crippen molar-refractivity contribution in [2.24, 2.45) is 5.92 Å². The SMILES string of the molecule is COCC(C)NC(=O)C1CCN(S(=O)(=O)c2ccc(C)cc2C)CC1. The molecule has 25 heavy (non-hydrogen) atoms. The van der Waals surface area contributed by atoms with Crippen molar-refractivity contribution in [1.82, 2.24) is 9.62 Å². The van der Waals surface area contributed by atoms with Crippen LogP contribution in [-0.2, 0) is 19.6 Å². The van der Waals surface area contributed by atoms with E-state index >= 15 is 0 Å². The highest BCUT2D eigenvalue weighted by Crippen LogP contribution is 2.26. The number of nitrogens with one attached hydrogen (secondary N) is 1. The number of hydrogen-bond donors (Lipinski definition) is 1. The summed E-state index contributed by atoms with van der Waals surface area (Å²) in [6, 6.07) is 5.32. The van der Waals surface area contributed by atoms with Crippen molar-refractivity contribution in [2.75, 3.05) is 26.8 Å². The second kappa shape index (κ2) is 8.29. The first-order valence-corrected chi connectivity index (χ1v) is 10.1. The summed E-state index contributed by atoms with van der Waals surface area (Å²) in [4.78, 5) is 12.6. The zero-order valence-corrected chi connectivity index (χ0v) is 16.2. The predicted octanol–water partition coefficient (Wildman–Crippen LogP) is 1.86. The van der Waals surface area contributed by atoms with Gasteiger partial charge >= 0.3 is 0 Å². The fraction of sp³-hybridized carbons (Fsp3) is 0.611.